The standard InChI is InChI=1S/C24H28FN5O3S/c1-5-17-9-11-18(12-10-17)33-16(3)23(32)26-13-21-28-29-24(30(21)4)34-14-22(31)27-20-8-6-7-19(25)15(20)2/h6-12,16H,5,13-14H2,1-4H3,(H,26,32)(H,27,31)/t16-/m1/s1. The van der Waals surface area contributed by atoms with Crippen molar-refractivity contribution in [2.45, 2.75) is 45.0 Å². The van der Waals surface area contributed by atoms with Gasteiger partial charge in [0.1, 0.15) is 11.6 Å². The van der Waals surface area contributed by atoms with E-state index in [1.807, 2.05) is 24.3 Å². The topological polar surface area (TPSA) is 98.1 Å². The van der Waals surface area contributed by atoms with Crippen molar-refractivity contribution in [2.24, 2.45) is 7.05 Å². The van der Waals surface area contributed by atoms with Gasteiger partial charge in [-0.05, 0) is 50.1 Å². The summed E-state index contributed by atoms with van der Waals surface area (Å²) in [5.74, 6) is 0.312. The number of aromatic nitrogens is 3. The van der Waals surface area contributed by atoms with Crippen molar-refractivity contribution in [3.63, 3.8) is 0 Å². The second-order valence-electron chi connectivity index (χ2n) is 7.68. The van der Waals surface area contributed by atoms with Crippen molar-refractivity contribution >= 4 is 29.3 Å². The molecule has 1 heterocycles. The Morgan fingerprint density at radius 2 is 1.91 bits per heavy atom. The van der Waals surface area contributed by atoms with Gasteiger partial charge in [-0.15, -0.1) is 10.2 Å². The number of anilines is 1. The van der Waals surface area contributed by atoms with E-state index < -0.39 is 6.10 Å². The van der Waals surface area contributed by atoms with Gasteiger partial charge in [-0.2, -0.15) is 0 Å². The van der Waals surface area contributed by atoms with Gasteiger partial charge < -0.3 is 19.9 Å². The fourth-order valence-corrected chi connectivity index (χ4v) is 3.79. The van der Waals surface area contributed by atoms with Crippen molar-refractivity contribution < 1.29 is 18.7 Å². The zero-order chi connectivity index (χ0) is 24.7. The molecule has 0 fully saturated rings. The first-order valence-corrected chi connectivity index (χ1v) is 11.9. The molecule has 3 rings (SSSR count). The summed E-state index contributed by atoms with van der Waals surface area (Å²) < 4.78 is 21.0. The van der Waals surface area contributed by atoms with Gasteiger partial charge in [0.2, 0.25) is 5.91 Å². The molecule has 0 unspecified atom stereocenters. The number of carbonyl (C=O) groups excluding carboxylic acids is 2. The molecule has 1 aromatic heterocycles. The average molecular weight is 486 g/mol. The highest BCUT2D eigenvalue weighted by molar-refractivity contribution is 7.99. The Balaban J connectivity index is 1.48. The maximum absolute atomic E-state index is 13.6. The van der Waals surface area contributed by atoms with Crippen LogP contribution in [0.25, 0.3) is 0 Å². The first-order chi connectivity index (χ1) is 16.3. The number of nitrogens with zero attached hydrogens (tertiary/aromatic N) is 3. The number of benzene rings is 2. The summed E-state index contributed by atoms with van der Waals surface area (Å²) in [7, 11) is 1.76. The molecule has 10 heteroatoms. The minimum atomic E-state index is -0.676. The van der Waals surface area contributed by atoms with Crippen molar-refractivity contribution in [1.82, 2.24) is 20.1 Å². The highest BCUT2D eigenvalue weighted by Gasteiger charge is 2.17. The summed E-state index contributed by atoms with van der Waals surface area (Å²) in [6.45, 7) is 5.53. The fraction of sp³-hybridized carbons (Fsp3) is 0.333. The van der Waals surface area contributed by atoms with Crippen LogP contribution in [0.3, 0.4) is 0 Å². The summed E-state index contributed by atoms with van der Waals surface area (Å²) in [4.78, 5) is 24.7. The van der Waals surface area contributed by atoms with Crippen LogP contribution in [0.5, 0.6) is 5.75 Å². The minimum absolute atomic E-state index is 0.0793. The molecule has 2 amide bonds. The van der Waals surface area contributed by atoms with Gasteiger partial charge in [0, 0.05) is 18.3 Å². The lowest BCUT2D eigenvalue weighted by molar-refractivity contribution is -0.127. The van der Waals surface area contributed by atoms with E-state index in [9.17, 15) is 14.0 Å². The number of amides is 2. The van der Waals surface area contributed by atoms with Gasteiger partial charge in [0.25, 0.3) is 5.91 Å². The van der Waals surface area contributed by atoms with Crippen LogP contribution in [0.15, 0.2) is 47.6 Å². The van der Waals surface area contributed by atoms with E-state index in [1.165, 1.54) is 23.4 Å². The molecular formula is C24H28FN5O3S. The molecule has 8 nitrogen and oxygen atoms in total. The maximum atomic E-state index is 13.6. The molecule has 0 radical (unpaired) electrons. The number of thioether (sulfide) groups is 1. The third-order valence-corrected chi connectivity index (χ3v) is 6.25. The summed E-state index contributed by atoms with van der Waals surface area (Å²) in [6, 6.07) is 12.2. The van der Waals surface area contributed by atoms with Crippen LogP contribution in [0.1, 0.15) is 30.8 Å². The summed E-state index contributed by atoms with van der Waals surface area (Å²) >= 11 is 1.20. The minimum Gasteiger partial charge on any atom is -0.481 e. The van der Waals surface area contributed by atoms with Gasteiger partial charge in [-0.25, -0.2) is 4.39 Å². The molecule has 2 N–H and O–H groups in total. The molecule has 0 spiro atoms. The van der Waals surface area contributed by atoms with Gasteiger partial charge in [-0.1, -0.05) is 36.9 Å². The fourth-order valence-electron chi connectivity index (χ4n) is 3.06. The highest BCUT2D eigenvalue weighted by Crippen LogP contribution is 2.20. The lowest BCUT2D eigenvalue weighted by Gasteiger charge is -2.15. The van der Waals surface area contributed by atoms with Crippen LogP contribution in [0.2, 0.25) is 0 Å². The number of hydrogen-bond donors (Lipinski definition) is 2. The number of nitrogens with one attached hydrogen (secondary N) is 2. The Bertz CT molecular complexity index is 1150. The SMILES string of the molecule is CCc1ccc(O[C@H](C)C(=O)NCc2nnc(SCC(=O)Nc3cccc(F)c3C)n2C)cc1. The van der Waals surface area contributed by atoms with Crippen molar-refractivity contribution in [2.75, 3.05) is 11.1 Å². The molecule has 34 heavy (non-hydrogen) atoms. The number of ether oxygens (including phenoxy) is 1. The molecule has 0 saturated heterocycles. The maximum Gasteiger partial charge on any atom is 0.261 e. The van der Waals surface area contributed by atoms with Crippen LogP contribution in [-0.4, -0.2) is 38.4 Å². The second-order valence-corrected chi connectivity index (χ2v) is 8.62. The largest absolute Gasteiger partial charge is 0.481 e. The Morgan fingerprint density at radius 3 is 2.62 bits per heavy atom. The van der Waals surface area contributed by atoms with Crippen LogP contribution < -0.4 is 15.4 Å². The Labute approximate surface area is 202 Å². The van der Waals surface area contributed by atoms with E-state index in [1.54, 1.807) is 37.6 Å². The van der Waals surface area contributed by atoms with Crippen molar-refractivity contribution in [1.29, 1.82) is 0 Å². The molecule has 2 aromatic carbocycles. The number of carbonyl (C=O) groups is 2. The van der Waals surface area contributed by atoms with Gasteiger partial charge in [0.15, 0.2) is 17.1 Å². The molecule has 180 valence electrons. The lowest BCUT2D eigenvalue weighted by Crippen LogP contribution is -2.36. The third kappa shape index (κ3) is 6.57. The molecule has 0 aliphatic carbocycles. The van der Waals surface area contributed by atoms with Gasteiger partial charge in [-0.3, -0.25) is 9.59 Å². The number of aryl methyl sites for hydroxylation is 1. The molecule has 0 aliphatic heterocycles. The molecule has 3 aromatic rings. The zero-order valence-electron chi connectivity index (χ0n) is 19.6. The van der Waals surface area contributed by atoms with Crippen LogP contribution in [0.4, 0.5) is 10.1 Å². The van der Waals surface area contributed by atoms with E-state index >= 15 is 0 Å². The quantitative estimate of drug-likeness (QED) is 0.426. The van der Waals surface area contributed by atoms with Crippen LogP contribution in [0, 0.1) is 12.7 Å². The zero-order valence-corrected chi connectivity index (χ0v) is 20.4. The van der Waals surface area contributed by atoms with Gasteiger partial charge in [0.05, 0.1) is 12.3 Å². The van der Waals surface area contributed by atoms with E-state index in [0.717, 1.165) is 6.42 Å². The molecule has 1 atom stereocenters. The summed E-state index contributed by atoms with van der Waals surface area (Å²) in [5.41, 5.74) is 2.01. The second kappa shape index (κ2) is 11.6. The van der Waals surface area contributed by atoms with Crippen LogP contribution in [-0.2, 0) is 29.6 Å². The van der Waals surface area contributed by atoms with E-state index in [0.29, 0.717) is 28.0 Å². The van der Waals surface area contributed by atoms with E-state index in [-0.39, 0.29) is 29.9 Å². The average Bonchev–Trinajstić information content (AvgIpc) is 3.18. The lowest BCUT2D eigenvalue weighted by atomic mass is 10.2. The van der Waals surface area contributed by atoms with Crippen LogP contribution >= 0.6 is 11.8 Å². The van der Waals surface area contributed by atoms with Crippen molar-refractivity contribution in [3.8, 4) is 5.75 Å². The normalized spacial score (nSPS) is 11.7. The molecule has 0 aliphatic rings. The predicted octanol–water partition coefficient (Wildman–Crippen LogP) is 3.64. The Kier molecular flexibility index (Phi) is 8.64. The Hall–Kier alpha value is -3.40. The number of halogens is 1. The first-order valence-electron chi connectivity index (χ1n) is 10.9. The Morgan fingerprint density at radius 1 is 1.18 bits per heavy atom. The predicted molar refractivity (Wildman–Crippen MR) is 129 cm³/mol. The molecule has 0 bridgehead atoms. The number of rotatable bonds is 10. The number of hydrogen-bond acceptors (Lipinski definition) is 6. The summed E-state index contributed by atoms with van der Waals surface area (Å²) in [5, 5.41) is 14.2. The highest BCUT2D eigenvalue weighted by atomic mass is 32.2. The molecular weight excluding hydrogens is 457 g/mol. The molecule has 0 saturated carbocycles. The van der Waals surface area contributed by atoms with Crippen molar-refractivity contribution in [3.05, 3.63) is 65.2 Å². The van der Waals surface area contributed by atoms with E-state index in [2.05, 4.69) is 27.8 Å². The smallest absolute Gasteiger partial charge is 0.261 e. The first kappa shape index (κ1) is 25.2. The van der Waals surface area contributed by atoms with Gasteiger partial charge >= 0.3 is 0 Å². The third-order valence-electron chi connectivity index (χ3n) is 5.23. The summed E-state index contributed by atoms with van der Waals surface area (Å²) in [6.07, 6.45) is 0.260. The monoisotopic (exact) mass is 485 g/mol. The van der Waals surface area contributed by atoms with E-state index in [4.69, 9.17) is 4.74 Å².